The highest BCUT2D eigenvalue weighted by molar-refractivity contribution is 5.67. The first-order chi connectivity index (χ1) is 10.3. The van der Waals surface area contributed by atoms with E-state index in [2.05, 4.69) is 5.32 Å². The largest absolute Gasteiger partial charge is 0.444 e. The quantitative estimate of drug-likeness (QED) is 0.858. The summed E-state index contributed by atoms with van der Waals surface area (Å²) in [5.41, 5.74) is -0.419. The average molecular weight is 310 g/mol. The molecule has 0 saturated heterocycles. The van der Waals surface area contributed by atoms with Crippen LogP contribution in [0, 0.1) is 11.8 Å². The Labute approximate surface area is 136 Å². The second kappa shape index (κ2) is 7.67. The molecule has 128 valence electrons. The lowest BCUT2D eigenvalue weighted by atomic mass is 9.69. The first kappa shape index (κ1) is 17.6. The summed E-state index contributed by atoms with van der Waals surface area (Å²) in [6.07, 6.45) is 9.56. The van der Waals surface area contributed by atoms with Gasteiger partial charge in [-0.15, -0.1) is 0 Å². The molecule has 0 bridgehead atoms. The number of likely N-dealkylation sites (N-methyl/N-ethyl adjacent to an activating group) is 1. The van der Waals surface area contributed by atoms with Gasteiger partial charge in [0, 0.05) is 26.2 Å². The van der Waals surface area contributed by atoms with Gasteiger partial charge < -0.3 is 15.0 Å². The molecule has 0 heterocycles. The van der Waals surface area contributed by atoms with Crippen molar-refractivity contribution in [3.63, 3.8) is 0 Å². The Balaban J connectivity index is 1.65. The lowest BCUT2D eigenvalue weighted by Gasteiger charge is -2.39. The third-order valence-electron chi connectivity index (χ3n) is 5.13. The van der Waals surface area contributed by atoms with Crippen LogP contribution in [-0.2, 0) is 4.74 Å². The fourth-order valence-corrected chi connectivity index (χ4v) is 3.93. The number of fused-ring (bicyclic) bond motifs is 1. The standard InChI is InChI=1S/C18H34N2O2/c1-18(2,3)22-17(21)20(4)12-11-19-16-10-9-14-7-5-6-8-15(14)13-16/h14-16,19H,5-13H2,1-4H3. The molecular formula is C18H34N2O2. The molecule has 0 aromatic carbocycles. The van der Waals surface area contributed by atoms with Crippen molar-refractivity contribution >= 4 is 6.09 Å². The van der Waals surface area contributed by atoms with Crippen LogP contribution < -0.4 is 5.32 Å². The number of hydrogen-bond donors (Lipinski definition) is 1. The maximum absolute atomic E-state index is 11.9. The highest BCUT2D eigenvalue weighted by atomic mass is 16.6. The first-order valence-electron chi connectivity index (χ1n) is 9.02. The molecule has 4 nitrogen and oxygen atoms in total. The summed E-state index contributed by atoms with van der Waals surface area (Å²) >= 11 is 0. The molecule has 0 aromatic heterocycles. The van der Waals surface area contributed by atoms with E-state index in [0.29, 0.717) is 12.6 Å². The molecule has 0 aromatic rings. The summed E-state index contributed by atoms with van der Waals surface area (Å²) in [5.74, 6) is 1.94. The van der Waals surface area contributed by atoms with E-state index in [1.54, 1.807) is 4.90 Å². The summed E-state index contributed by atoms with van der Waals surface area (Å²) in [7, 11) is 1.81. The Kier molecular flexibility index (Phi) is 6.13. The Morgan fingerprint density at radius 1 is 1.14 bits per heavy atom. The summed E-state index contributed by atoms with van der Waals surface area (Å²) in [6, 6.07) is 0.645. The van der Waals surface area contributed by atoms with Gasteiger partial charge in [0.05, 0.1) is 0 Å². The van der Waals surface area contributed by atoms with Crippen LogP contribution in [0.3, 0.4) is 0 Å². The van der Waals surface area contributed by atoms with Gasteiger partial charge in [-0.2, -0.15) is 0 Å². The van der Waals surface area contributed by atoms with Crippen molar-refractivity contribution in [1.82, 2.24) is 10.2 Å². The molecule has 4 heteroatoms. The van der Waals surface area contributed by atoms with Crippen LogP contribution >= 0.6 is 0 Å². The van der Waals surface area contributed by atoms with Crippen LogP contribution in [0.2, 0.25) is 0 Å². The number of rotatable bonds is 4. The molecule has 0 radical (unpaired) electrons. The zero-order valence-electron chi connectivity index (χ0n) is 14.9. The zero-order valence-corrected chi connectivity index (χ0v) is 14.9. The normalized spacial score (nSPS) is 28.8. The van der Waals surface area contributed by atoms with Gasteiger partial charge in [-0.25, -0.2) is 4.79 Å². The minimum absolute atomic E-state index is 0.231. The summed E-state index contributed by atoms with van der Waals surface area (Å²) in [4.78, 5) is 13.6. The lowest BCUT2D eigenvalue weighted by Crippen LogP contribution is -2.43. The maximum atomic E-state index is 11.9. The fourth-order valence-electron chi connectivity index (χ4n) is 3.93. The Bertz CT molecular complexity index is 365. The van der Waals surface area contributed by atoms with Gasteiger partial charge >= 0.3 is 6.09 Å². The van der Waals surface area contributed by atoms with Crippen molar-refractivity contribution in [3.05, 3.63) is 0 Å². The van der Waals surface area contributed by atoms with Crippen LogP contribution in [-0.4, -0.2) is 42.8 Å². The molecule has 0 aliphatic heterocycles. The Morgan fingerprint density at radius 3 is 2.50 bits per heavy atom. The topological polar surface area (TPSA) is 41.6 Å². The number of carbonyl (C=O) groups is 1. The minimum Gasteiger partial charge on any atom is -0.444 e. The van der Waals surface area contributed by atoms with Gasteiger partial charge in [0.15, 0.2) is 0 Å². The van der Waals surface area contributed by atoms with E-state index < -0.39 is 5.60 Å². The summed E-state index contributed by atoms with van der Waals surface area (Å²) < 4.78 is 5.37. The number of nitrogens with one attached hydrogen (secondary N) is 1. The number of nitrogens with zero attached hydrogens (tertiary/aromatic N) is 1. The van der Waals surface area contributed by atoms with Gasteiger partial charge in [0.25, 0.3) is 0 Å². The molecule has 3 atom stereocenters. The number of amides is 1. The van der Waals surface area contributed by atoms with E-state index in [1.807, 2.05) is 27.8 Å². The number of carbonyl (C=O) groups excluding carboxylic acids is 1. The van der Waals surface area contributed by atoms with Crippen molar-refractivity contribution in [1.29, 1.82) is 0 Å². The monoisotopic (exact) mass is 310 g/mol. The fraction of sp³-hybridized carbons (Fsp3) is 0.944. The van der Waals surface area contributed by atoms with Crippen LogP contribution in [0.1, 0.15) is 65.7 Å². The third-order valence-corrected chi connectivity index (χ3v) is 5.13. The highest BCUT2D eigenvalue weighted by Crippen LogP contribution is 2.40. The van der Waals surface area contributed by atoms with Crippen LogP contribution in [0.4, 0.5) is 4.79 Å². The van der Waals surface area contributed by atoms with Crippen molar-refractivity contribution < 1.29 is 9.53 Å². The van der Waals surface area contributed by atoms with Crippen molar-refractivity contribution in [2.45, 2.75) is 77.4 Å². The van der Waals surface area contributed by atoms with E-state index in [9.17, 15) is 4.79 Å². The molecule has 1 N–H and O–H groups in total. The number of hydrogen-bond acceptors (Lipinski definition) is 3. The Morgan fingerprint density at radius 2 is 1.82 bits per heavy atom. The smallest absolute Gasteiger partial charge is 0.410 e. The molecule has 2 saturated carbocycles. The summed E-state index contributed by atoms with van der Waals surface area (Å²) in [6.45, 7) is 7.27. The van der Waals surface area contributed by atoms with Crippen LogP contribution in [0.15, 0.2) is 0 Å². The second-order valence-corrected chi connectivity index (χ2v) is 8.17. The SMILES string of the molecule is CN(CCNC1CCC2CCCCC2C1)C(=O)OC(C)(C)C. The maximum Gasteiger partial charge on any atom is 0.410 e. The first-order valence-corrected chi connectivity index (χ1v) is 9.02. The van der Waals surface area contributed by atoms with E-state index in [-0.39, 0.29) is 6.09 Å². The average Bonchev–Trinajstić information content (AvgIpc) is 2.45. The molecule has 1 amide bonds. The Hall–Kier alpha value is -0.770. The van der Waals surface area contributed by atoms with E-state index in [1.165, 1.54) is 44.9 Å². The van der Waals surface area contributed by atoms with Gasteiger partial charge in [-0.3, -0.25) is 0 Å². The van der Waals surface area contributed by atoms with Crippen LogP contribution in [0.5, 0.6) is 0 Å². The predicted molar refractivity (Wildman–Crippen MR) is 90.0 cm³/mol. The zero-order chi connectivity index (χ0) is 16.2. The molecule has 22 heavy (non-hydrogen) atoms. The minimum atomic E-state index is -0.419. The summed E-state index contributed by atoms with van der Waals surface area (Å²) in [5, 5.41) is 3.65. The predicted octanol–water partition coefficient (Wildman–Crippen LogP) is 3.80. The third kappa shape index (κ3) is 5.45. The van der Waals surface area contributed by atoms with Gasteiger partial charge in [0.2, 0.25) is 0 Å². The van der Waals surface area contributed by atoms with Crippen molar-refractivity contribution in [3.8, 4) is 0 Å². The van der Waals surface area contributed by atoms with Crippen LogP contribution in [0.25, 0.3) is 0 Å². The van der Waals surface area contributed by atoms with Crippen molar-refractivity contribution in [2.24, 2.45) is 11.8 Å². The molecular weight excluding hydrogens is 276 g/mol. The van der Waals surface area contributed by atoms with Gasteiger partial charge in [-0.1, -0.05) is 25.7 Å². The molecule has 2 rings (SSSR count). The van der Waals surface area contributed by atoms with Gasteiger partial charge in [-0.05, 0) is 51.9 Å². The molecule has 2 aliphatic carbocycles. The molecule has 2 aliphatic rings. The molecule has 2 fully saturated rings. The van der Waals surface area contributed by atoms with Gasteiger partial charge in [0.1, 0.15) is 5.60 Å². The molecule has 0 spiro atoms. The second-order valence-electron chi connectivity index (χ2n) is 8.17. The van der Waals surface area contributed by atoms with E-state index >= 15 is 0 Å². The number of ether oxygens (including phenoxy) is 1. The highest BCUT2D eigenvalue weighted by Gasteiger charge is 2.31. The van der Waals surface area contributed by atoms with E-state index in [0.717, 1.165) is 18.4 Å². The lowest BCUT2D eigenvalue weighted by molar-refractivity contribution is 0.0297. The molecule has 3 unspecified atom stereocenters. The van der Waals surface area contributed by atoms with Crippen molar-refractivity contribution in [2.75, 3.05) is 20.1 Å². The van der Waals surface area contributed by atoms with E-state index in [4.69, 9.17) is 4.74 Å².